The SMILES string of the molecule is Cc1c(-c2cnn(-c3ccccn3)c2)cnc(C#N)c1OCc1ccccc1. The minimum Gasteiger partial charge on any atom is -0.486 e. The van der Waals surface area contributed by atoms with E-state index in [1.807, 2.05) is 61.7 Å². The Morgan fingerprint density at radius 3 is 2.61 bits per heavy atom. The Hall–Kier alpha value is -3.98. The van der Waals surface area contributed by atoms with Crippen molar-refractivity contribution in [1.82, 2.24) is 19.7 Å². The summed E-state index contributed by atoms with van der Waals surface area (Å²) in [5.74, 6) is 1.22. The Balaban J connectivity index is 1.67. The number of ether oxygens (including phenoxy) is 1. The van der Waals surface area contributed by atoms with Crippen molar-refractivity contribution < 1.29 is 4.74 Å². The third-order valence-electron chi connectivity index (χ3n) is 4.39. The quantitative estimate of drug-likeness (QED) is 0.531. The lowest BCUT2D eigenvalue weighted by Gasteiger charge is -2.13. The van der Waals surface area contributed by atoms with Crippen LogP contribution in [0.5, 0.6) is 5.75 Å². The highest BCUT2D eigenvalue weighted by Crippen LogP contribution is 2.32. The van der Waals surface area contributed by atoms with E-state index in [9.17, 15) is 5.26 Å². The number of aromatic nitrogens is 4. The van der Waals surface area contributed by atoms with Crippen molar-refractivity contribution in [2.24, 2.45) is 0 Å². The molecule has 4 rings (SSSR count). The molecule has 0 aliphatic rings. The molecule has 28 heavy (non-hydrogen) atoms. The molecular formula is C22H17N5O. The molecule has 3 heterocycles. The second-order valence-corrected chi connectivity index (χ2v) is 6.22. The molecule has 0 spiro atoms. The average molecular weight is 367 g/mol. The lowest BCUT2D eigenvalue weighted by molar-refractivity contribution is 0.302. The molecule has 0 aliphatic heterocycles. The summed E-state index contributed by atoms with van der Waals surface area (Å²) in [4.78, 5) is 8.59. The smallest absolute Gasteiger partial charge is 0.182 e. The van der Waals surface area contributed by atoms with Gasteiger partial charge in [-0.1, -0.05) is 36.4 Å². The van der Waals surface area contributed by atoms with Crippen molar-refractivity contribution in [3.8, 4) is 28.8 Å². The van der Waals surface area contributed by atoms with Gasteiger partial charge in [0.05, 0.1) is 6.20 Å². The van der Waals surface area contributed by atoms with E-state index >= 15 is 0 Å². The number of benzene rings is 1. The zero-order chi connectivity index (χ0) is 19.3. The fraction of sp³-hybridized carbons (Fsp3) is 0.0909. The Kier molecular flexibility index (Phi) is 4.81. The van der Waals surface area contributed by atoms with Crippen LogP contribution in [0.25, 0.3) is 16.9 Å². The molecule has 6 nitrogen and oxygen atoms in total. The molecule has 136 valence electrons. The maximum absolute atomic E-state index is 9.44. The highest BCUT2D eigenvalue weighted by atomic mass is 16.5. The highest BCUT2D eigenvalue weighted by molar-refractivity contribution is 5.69. The first-order valence-electron chi connectivity index (χ1n) is 8.79. The number of hydrogen-bond acceptors (Lipinski definition) is 5. The van der Waals surface area contributed by atoms with Gasteiger partial charge >= 0.3 is 0 Å². The van der Waals surface area contributed by atoms with Gasteiger partial charge in [0.1, 0.15) is 12.7 Å². The van der Waals surface area contributed by atoms with Gasteiger partial charge in [0, 0.05) is 35.3 Å². The summed E-state index contributed by atoms with van der Waals surface area (Å²) in [6.45, 7) is 2.30. The first kappa shape index (κ1) is 17.4. The molecule has 3 aromatic heterocycles. The van der Waals surface area contributed by atoms with Crippen LogP contribution in [0.2, 0.25) is 0 Å². The standard InChI is InChI=1S/C22H17N5O/c1-16-19(18-12-26-27(14-18)21-9-5-6-10-24-21)13-25-20(11-23)22(16)28-15-17-7-3-2-4-8-17/h2-10,12-14H,15H2,1H3. The molecule has 0 N–H and O–H groups in total. The van der Waals surface area contributed by atoms with E-state index in [4.69, 9.17) is 4.74 Å². The zero-order valence-electron chi connectivity index (χ0n) is 15.3. The largest absolute Gasteiger partial charge is 0.486 e. The van der Waals surface area contributed by atoms with Crippen molar-refractivity contribution in [1.29, 1.82) is 5.26 Å². The van der Waals surface area contributed by atoms with Crippen LogP contribution in [0.3, 0.4) is 0 Å². The van der Waals surface area contributed by atoms with Gasteiger partial charge < -0.3 is 4.74 Å². The third-order valence-corrected chi connectivity index (χ3v) is 4.39. The van der Waals surface area contributed by atoms with Crippen LogP contribution in [-0.4, -0.2) is 19.7 Å². The van der Waals surface area contributed by atoms with Crippen LogP contribution in [0.1, 0.15) is 16.8 Å². The van der Waals surface area contributed by atoms with Gasteiger partial charge in [0.2, 0.25) is 0 Å². The lowest BCUT2D eigenvalue weighted by atomic mass is 10.0. The summed E-state index contributed by atoms with van der Waals surface area (Å²) in [5.41, 5.74) is 3.89. The van der Waals surface area contributed by atoms with E-state index in [0.29, 0.717) is 12.4 Å². The van der Waals surface area contributed by atoms with Crippen molar-refractivity contribution in [2.45, 2.75) is 13.5 Å². The topological polar surface area (TPSA) is 76.6 Å². The van der Waals surface area contributed by atoms with Crippen LogP contribution >= 0.6 is 0 Å². The summed E-state index contributed by atoms with van der Waals surface area (Å²) in [6.07, 6.45) is 7.05. The Morgan fingerprint density at radius 2 is 1.86 bits per heavy atom. The number of pyridine rings is 2. The molecule has 0 bridgehead atoms. The summed E-state index contributed by atoms with van der Waals surface area (Å²) < 4.78 is 7.68. The van der Waals surface area contributed by atoms with Crippen LogP contribution in [0.4, 0.5) is 0 Å². The number of rotatable bonds is 5. The van der Waals surface area contributed by atoms with Gasteiger partial charge in [0.15, 0.2) is 17.3 Å². The van der Waals surface area contributed by atoms with Crippen molar-refractivity contribution >= 4 is 0 Å². The van der Waals surface area contributed by atoms with Crippen molar-refractivity contribution in [3.05, 3.63) is 90.1 Å². The molecule has 0 atom stereocenters. The Morgan fingerprint density at radius 1 is 1.04 bits per heavy atom. The van der Waals surface area contributed by atoms with Gasteiger partial charge in [-0.25, -0.2) is 14.6 Å². The fourth-order valence-electron chi connectivity index (χ4n) is 2.94. The van der Waals surface area contributed by atoms with Gasteiger partial charge in [-0.2, -0.15) is 10.4 Å². The van der Waals surface area contributed by atoms with Gasteiger partial charge in [-0.05, 0) is 24.6 Å². The molecule has 0 unspecified atom stereocenters. The lowest BCUT2D eigenvalue weighted by Crippen LogP contribution is -2.02. The third kappa shape index (κ3) is 3.46. The number of nitriles is 1. The van der Waals surface area contributed by atoms with Gasteiger partial charge in [0.25, 0.3) is 0 Å². The van der Waals surface area contributed by atoms with E-state index in [0.717, 1.165) is 28.1 Å². The maximum atomic E-state index is 9.44. The van der Waals surface area contributed by atoms with Crippen LogP contribution < -0.4 is 4.74 Å². The summed E-state index contributed by atoms with van der Waals surface area (Å²) >= 11 is 0. The van der Waals surface area contributed by atoms with Crippen LogP contribution in [0.15, 0.2) is 73.3 Å². The highest BCUT2D eigenvalue weighted by Gasteiger charge is 2.16. The Labute approximate surface area is 162 Å². The van der Waals surface area contributed by atoms with E-state index in [1.165, 1.54) is 0 Å². The summed E-state index contributed by atoms with van der Waals surface area (Å²) in [5, 5.41) is 13.8. The summed E-state index contributed by atoms with van der Waals surface area (Å²) in [6, 6.07) is 17.6. The minimum absolute atomic E-state index is 0.272. The average Bonchev–Trinajstić information content (AvgIpc) is 3.24. The van der Waals surface area contributed by atoms with E-state index in [2.05, 4.69) is 21.1 Å². The number of hydrogen-bond donors (Lipinski definition) is 0. The fourth-order valence-corrected chi connectivity index (χ4v) is 2.94. The molecule has 1 aromatic carbocycles. The van der Waals surface area contributed by atoms with Crippen LogP contribution in [0, 0.1) is 18.3 Å². The molecule has 4 aromatic rings. The molecule has 0 fully saturated rings. The van der Waals surface area contributed by atoms with E-state index < -0.39 is 0 Å². The van der Waals surface area contributed by atoms with Gasteiger partial charge in [-0.15, -0.1) is 0 Å². The predicted octanol–water partition coefficient (Wildman–Crippen LogP) is 4.09. The molecule has 6 heteroatoms. The van der Waals surface area contributed by atoms with E-state index in [1.54, 1.807) is 23.3 Å². The molecule has 0 saturated carbocycles. The van der Waals surface area contributed by atoms with Crippen molar-refractivity contribution in [3.63, 3.8) is 0 Å². The van der Waals surface area contributed by atoms with E-state index in [-0.39, 0.29) is 5.69 Å². The second kappa shape index (κ2) is 7.72. The molecule has 0 amide bonds. The Bertz CT molecular complexity index is 1130. The normalized spacial score (nSPS) is 10.4. The van der Waals surface area contributed by atoms with Gasteiger partial charge in [-0.3, -0.25) is 0 Å². The van der Waals surface area contributed by atoms with Crippen LogP contribution in [-0.2, 0) is 6.61 Å². The predicted molar refractivity (Wildman–Crippen MR) is 105 cm³/mol. The summed E-state index contributed by atoms with van der Waals surface area (Å²) in [7, 11) is 0. The second-order valence-electron chi connectivity index (χ2n) is 6.22. The first-order chi connectivity index (χ1) is 13.8. The maximum Gasteiger partial charge on any atom is 0.182 e. The van der Waals surface area contributed by atoms with Crippen molar-refractivity contribution in [2.75, 3.05) is 0 Å². The monoisotopic (exact) mass is 367 g/mol. The zero-order valence-corrected chi connectivity index (χ0v) is 15.3. The number of nitrogens with zero attached hydrogens (tertiary/aromatic N) is 5. The molecule has 0 radical (unpaired) electrons. The molecule has 0 saturated heterocycles. The minimum atomic E-state index is 0.272. The first-order valence-corrected chi connectivity index (χ1v) is 8.79. The molecular weight excluding hydrogens is 350 g/mol. The molecule has 0 aliphatic carbocycles.